The molecule has 0 saturated carbocycles. The van der Waals surface area contributed by atoms with Crippen LogP contribution in [0, 0.1) is 0 Å². The summed E-state index contributed by atoms with van der Waals surface area (Å²) in [5, 5.41) is 2.79. The van der Waals surface area contributed by atoms with Crippen molar-refractivity contribution < 1.29 is 4.79 Å². The van der Waals surface area contributed by atoms with E-state index in [0.29, 0.717) is 6.42 Å². The lowest BCUT2D eigenvalue weighted by atomic mass is 10.2. The Morgan fingerprint density at radius 1 is 1.67 bits per heavy atom. The SMILES string of the molecule is CCC(N)C(=O)NCCCSC. The fourth-order valence-corrected chi connectivity index (χ4v) is 1.18. The minimum absolute atomic E-state index is 0.0291. The maximum atomic E-state index is 11.1. The van der Waals surface area contributed by atoms with Crippen molar-refractivity contribution in [3.05, 3.63) is 0 Å². The molecule has 0 aromatic heterocycles. The van der Waals surface area contributed by atoms with E-state index in [-0.39, 0.29) is 11.9 Å². The molecule has 1 amide bonds. The predicted molar refractivity (Wildman–Crippen MR) is 54.3 cm³/mol. The molecule has 0 bridgehead atoms. The van der Waals surface area contributed by atoms with E-state index in [0.717, 1.165) is 18.7 Å². The molecule has 0 aromatic carbocycles. The van der Waals surface area contributed by atoms with Crippen LogP contribution in [0.1, 0.15) is 19.8 Å². The predicted octanol–water partition coefficient (Wildman–Crippen LogP) is 0.593. The molecule has 4 heteroatoms. The quantitative estimate of drug-likeness (QED) is 0.603. The summed E-state index contributed by atoms with van der Waals surface area (Å²) in [6.45, 7) is 2.65. The van der Waals surface area contributed by atoms with Gasteiger partial charge in [0, 0.05) is 6.54 Å². The first kappa shape index (κ1) is 11.8. The molecular formula is C8H18N2OS. The van der Waals surface area contributed by atoms with Gasteiger partial charge < -0.3 is 11.1 Å². The highest BCUT2D eigenvalue weighted by atomic mass is 32.2. The highest BCUT2D eigenvalue weighted by Crippen LogP contribution is 1.93. The van der Waals surface area contributed by atoms with Gasteiger partial charge in [0.2, 0.25) is 5.91 Å². The second kappa shape index (κ2) is 7.43. The molecule has 3 N–H and O–H groups in total. The fourth-order valence-electron chi connectivity index (χ4n) is 0.745. The highest BCUT2D eigenvalue weighted by Gasteiger charge is 2.08. The molecule has 0 radical (unpaired) electrons. The third-order valence-corrected chi connectivity index (χ3v) is 2.30. The highest BCUT2D eigenvalue weighted by molar-refractivity contribution is 7.98. The minimum atomic E-state index is -0.334. The Bertz CT molecular complexity index is 130. The second-order valence-corrected chi connectivity index (χ2v) is 3.64. The van der Waals surface area contributed by atoms with Crippen LogP contribution < -0.4 is 11.1 Å². The molecule has 3 nitrogen and oxygen atoms in total. The maximum Gasteiger partial charge on any atom is 0.236 e. The number of carbonyl (C=O) groups is 1. The van der Waals surface area contributed by atoms with Crippen molar-refractivity contribution in [3.8, 4) is 0 Å². The summed E-state index contributed by atoms with van der Waals surface area (Å²) >= 11 is 1.78. The van der Waals surface area contributed by atoms with Gasteiger partial charge in [-0.25, -0.2) is 0 Å². The standard InChI is InChI=1S/C8H18N2OS/c1-3-7(9)8(11)10-5-4-6-12-2/h7H,3-6,9H2,1-2H3,(H,10,11). The number of carbonyl (C=O) groups excluding carboxylic acids is 1. The van der Waals surface area contributed by atoms with Crippen LogP contribution in [-0.4, -0.2) is 30.5 Å². The van der Waals surface area contributed by atoms with Crippen LogP contribution in [0.25, 0.3) is 0 Å². The molecule has 0 saturated heterocycles. The van der Waals surface area contributed by atoms with E-state index in [1.54, 1.807) is 11.8 Å². The summed E-state index contributed by atoms with van der Waals surface area (Å²) in [6, 6.07) is -0.334. The zero-order valence-electron chi connectivity index (χ0n) is 7.80. The van der Waals surface area contributed by atoms with Gasteiger partial charge >= 0.3 is 0 Å². The van der Waals surface area contributed by atoms with Gasteiger partial charge in [-0.2, -0.15) is 11.8 Å². The number of nitrogens with one attached hydrogen (secondary N) is 1. The first-order valence-electron chi connectivity index (χ1n) is 4.24. The molecular weight excluding hydrogens is 172 g/mol. The van der Waals surface area contributed by atoms with E-state index < -0.39 is 0 Å². The van der Waals surface area contributed by atoms with Crippen LogP contribution >= 0.6 is 11.8 Å². The van der Waals surface area contributed by atoms with Gasteiger partial charge in [0.1, 0.15) is 0 Å². The van der Waals surface area contributed by atoms with E-state index >= 15 is 0 Å². The Balaban J connectivity index is 3.31. The van der Waals surface area contributed by atoms with Crippen LogP contribution in [0.2, 0.25) is 0 Å². The lowest BCUT2D eigenvalue weighted by molar-refractivity contribution is -0.122. The number of rotatable bonds is 6. The maximum absolute atomic E-state index is 11.1. The number of hydrogen-bond acceptors (Lipinski definition) is 3. The van der Waals surface area contributed by atoms with Crippen LogP contribution in [0.4, 0.5) is 0 Å². The number of nitrogens with two attached hydrogens (primary N) is 1. The van der Waals surface area contributed by atoms with Crippen molar-refractivity contribution >= 4 is 17.7 Å². The van der Waals surface area contributed by atoms with Crippen molar-refractivity contribution in [3.63, 3.8) is 0 Å². The third kappa shape index (κ3) is 5.43. The third-order valence-electron chi connectivity index (χ3n) is 1.60. The summed E-state index contributed by atoms with van der Waals surface area (Å²) in [5.74, 6) is 1.06. The molecule has 12 heavy (non-hydrogen) atoms. The topological polar surface area (TPSA) is 55.1 Å². The van der Waals surface area contributed by atoms with Crippen LogP contribution in [0.5, 0.6) is 0 Å². The summed E-state index contributed by atoms with van der Waals surface area (Å²) in [5.41, 5.74) is 5.51. The summed E-state index contributed by atoms with van der Waals surface area (Å²) in [6.07, 6.45) is 3.78. The Hall–Kier alpha value is -0.220. The van der Waals surface area contributed by atoms with Gasteiger partial charge in [-0.15, -0.1) is 0 Å². The fraction of sp³-hybridized carbons (Fsp3) is 0.875. The Labute approximate surface area is 78.5 Å². The van der Waals surface area contributed by atoms with Crippen molar-refractivity contribution in [1.29, 1.82) is 0 Å². The van der Waals surface area contributed by atoms with Crippen molar-refractivity contribution in [2.24, 2.45) is 5.73 Å². The van der Waals surface area contributed by atoms with Gasteiger partial charge in [-0.3, -0.25) is 4.79 Å². The van der Waals surface area contributed by atoms with Gasteiger partial charge in [0.25, 0.3) is 0 Å². The molecule has 0 aliphatic heterocycles. The molecule has 0 spiro atoms. The van der Waals surface area contributed by atoms with E-state index in [1.807, 2.05) is 6.92 Å². The Kier molecular flexibility index (Phi) is 7.29. The molecule has 0 aromatic rings. The lowest BCUT2D eigenvalue weighted by Crippen LogP contribution is -2.40. The molecule has 1 unspecified atom stereocenters. The van der Waals surface area contributed by atoms with Crippen molar-refractivity contribution in [1.82, 2.24) is 5.32 Å². The minimum Gasteiger partial charge on any atom is -0.355 e. The average Bonchev–Trinajstić information content (AvgIpc) is 2.10. The van der Waals surface area contributed by atoms with Crippen LogP contribution in [0.3, 0.4) is 0 Å². The average molecular weight is 190 g/mol. The molecule has 0 rings (SSSR count). The molecule has 72 valence electrons. The number of hydrogen-bond donors (Lipinski definition) is 2. The summed E-state index contributed by atoms with van der Waals surface area (Å²) < 4.78 is 0. The zero-order chi connectivity index (χ0) is 9.40. The van der Waals surface area contributed by atoms with Gasteiger partial charge in [0.05, 0.1) is 6.04 Å². The van der Waals surface area contributed by atoms with Gasteiger partial charge in [-0.05, 0) is 24.9 Å². The number of amides is 1. The summed E-state index contributed by atoms with van der Waals surface area (Å²) in [7, 11) is 0. The van der Waals surface area contributed by atoms with E-state index in [2.05, 4.69) is 11.6 Å². The Morgan fingerprint density at radius 2 is 2.33 bits per heavy atom. The van der Waals surface area contributed by atoms with Crippen LogP contribution in [-0.2, 0) is 4.79 Å². The summed E-state index contributed by atoms with van der Waals surface area (Å²) in [4.78, 5) is 11.1. The van der Waals surface area contributed by atoms with Crippen molar-refractivity contribution in [2.75, 3.05) is 18.6 Å². The first-order valence-corrected chi connectivity index (χ1v) is 5.64. The van der Waals surface area contributed by atoms with Crippen LogP contribution in [0.15, 0.2) is 0 Å². The smallest absolute Gasteiger partial charge is 0.236 e. The Morgan fingerprint density at radius 3 is 2.83 bits per heavy atom. The zero-order valence-corrected chi connectivity index (χ0v) is 8.62. The monoisotopic (exact) mass is 190 g/mol. The van der Waals surface area contributed by atoms with E-state index in [4.69, 9.17) is 5.73 Å². The molecule has 0 aliphatic carbocycles. The van der Waals surface area contributed by atoms with E-state index in [9.17, 15) is 4.79 Å². The molecule has 0 fully saturated rings. The van der Waals surface area contributed by atoms with Gasteiger partial charge in [0.15, 0.2) is 0 Å². The number of thioether (sulfide) groups is 1. The normalized spacial score (nSPS) is 12.6. The van der Waals surface area contributed by atoms with E-state index in [1.165, 1.54) is 0 Å². The first-order chi connectivity index (χ1) is 5.72. The second-order valence-electron chi connectivity index (χ2n) is 2.65. The largest absolute Gasteiger partial charge is 0.355 e. The lowest BCUT2D eigenvalue weighted by Gasteiger charge is -2.08. The van der Waals surface area contributed by atoms with Gasteiger partial charge in [-0.1, -0.05) is 6.92 Å². The molecule has 0 aliphatic rings. The van der Waals surface area contributed by atoms with Crippen molar-refractivity contribution in [2.45, 2.75) is 25.8 Å². The molecule has 1 atom stereocenters. The molecule has 0 heterocycles.